The molecule has 2 rings (SSSR count). The van der Waals surface area contributed by atoms with E-state index >= 15 is 0 Å². The minimum atomic E-state index is -5.05. The fraction of sp³-hybridized carbons (Fsp3) is 0.357. The molecular weight excluding hydrogens is 392 g/mol. The van der Waals surface area contributed by atoms with Crippen LogP contribution in [-0.4, -0.2) is 26.4 Å². The van der Waals surface area contributed by atoms with Gasteiger partial charge in [-0.15, -0.1) is 0 Å². The van der Waals surface area contributed by atoms with Gasteiger partial charge in [0.2, 0.25) is 0 Å². The Balaban J connectivity index is 2.34. The molecule has 1 heterocycles. The van der Waals surface area contributed by atoms with Gasteiger partial charge >= 0.3 is 12.4 Å². The lowest BCUT2D eigenvalue weighted by Crippen LogP contribution is -2.12. The lowest BCUT2D eigenvalue weighted by atomic mass is 10.0. The normalized spacial score (nSPS) is 13.2. The van der Waals surface area contributed by atoms with Crippen molar-refractivity contribution in [1.82, 2.24) is 5.16 Å². The number of hydrogen-bond donors (Lipinski definition) is 0. The van der Waals surface area contributed by atoms with Crippen molar-refractivity contribution < 1.29 is 43.5 Å². The number of nitrogens with zero attached hydrogens (tertiary/aromatic N) is 1. The van der Waals surface area contributed by atoms with Crippen LogP contribution in [-0.2, 0) is 33.1 Å². The van der Waals surface area contributed by atoms with Crippen LogP contribution in [0.15, 0.2) is 28.8 Å². The van der Waals surface area contributed by atoms with Crippen LogP contribution < -0.4 is 0 Å². The summed E-state index contributed by atoms with van der Waals surface area (Å²) >= 11 is 0. The van der Waals surface area contributed by atoms with Gasteiger partial charge in [-0.05, 0) is 12.1 Å². The third-order valence-corrected chi connectivity index (χ3v) is 3.73. The molecule has 1 aromatic carbocycles. The third-order valence-electron chi connectivity index (χ3n) is 3.13. The van der Waals surface area contributed by atoms with E-state index in [1.807, 2.05) is 0 Å². The first-order valence-electron chi connectivity index (χ1n) is 6.86. The first kappa shape index (κ1) is 20.2. The molecule has 0 saturated heterocycles. The van der Waals surface area contributed by atoms with Crippen molar-refractivity contribution in [2.45, 2.75) is 18.8 Å². The minimum Gasteiger partial charge on any atom is -0.361 e. The molecule has 0 aliphatic carbocycles. The van der Waals surface area contributed by atoms with Gasteiger partial charge in [-0.1, -0.05) is 11.2 Å². The van der Waals surface area contributed by atoms with Gasteiger partial charge in [0.15, 0.2) is 0 Å². The Kier molecular flexibility index (Phi) is 5.38. The molecule has 0 fully saturated rings. The highest BCUT2D eigenvalue weighted by Crippen LogP contribution is 2.40. The standard InChI is InChI=1S/C14H11F6NO4S/c1-26(22,23)24-5-4-9-7-12(21-25-9)10-3-2-8(13(15,16)17)6-11(10)14(18,19)20/h2-3,6-7H,4-5H2,1H3. The summed E-state index contributed by atoms with van der Waals surface area (Å²) in [6.07, 6.45) is -9.27. The quantitative estimate of drug-likeness (QED) is 0.560. The number of alkyl halides is 6. The summed E-state index contributed by atoms with van der Waals surface area (Å²) in [5.74, 6) is 0.0108. The second-order valence-corrected chi connectivity index (χ2v) is 6.85. The number of hydrogen-bond acceptors (Lipinski definition) is 5. The third kappa shape index (κ3) is 5.21. The molecule has 0 radical (unpaired) electrons. The molecule has 0 aliphatic rings. The maximum atomic E-state index is 13.1. The molecule has 0 unspecified atom stereocenters. The average molecular weight is 403 g/mol. The topological polar surface area (TPSA) is 69.4 Å². The lowest BCUT2D eigenvalue weighted by molar-refractivity contribution is -0.142. The Morgan fingerprint density at radius 2 is 1.73 bits per heavy atom. The molecule has 1 aromatic heterocycles. The van der Waals surface area contributed by atoms with Crippen molar-refractivity contribution in [3.05, 3.63) is 41.2 Å². The molecule has 0 amide bonds. The van der Waals surface area contributed by atoms with Crippen molar-refractivity contribution >= 4 is 10.1 Å². The second kappa shape index (κ2) is 6.91. The maximum absolute atomic E-state index is 13.1. The predicted molar refractivity (Wildman–Crippen MR) is 76.4 cm³/mol. The highest BCUT2D eigenvalue weighted by atomic mass is 32.2. The van der Waals surface area contributed by atoms with Crippen LogP contribution in [0.1, 0.15) is 16.9 Å². The molecule has 0 atom stereocenters. The number of benzene rings is 1. The molecule has 0 saturated carbocycles. The smallest absolute Gasteiger partial charge is 0.361 e. The highest BCUT2D eigenvalue weighted by molar-refractivity contribution is 7.85. The van der Waals surface area contributed by atoms with E-state index in [1.54, 1.807) is 0 Å². The van der Waals surface area contributed by atoms with Crippen LogP contribution in [0.5, 0.6) is 0 Å². The van der Waals surface area contributed by atoms with Crippen LogP contribution in [0.2, 0.25) is 0 Å². The lowest BCUT2D eigenvalue weighted by Gasteiger charge is -2.14. The zero-order valence-electron chi connectivity index (χ0n) is 13.0. The molecule has 144 valence electrons. The van der Waals surface area contributed by atoms with Crippen LogP contribution in [0.25, 0.3) is 11.3 Å². The van der Waals surface area contributed by atoms with Crippen LogP contribution in [0.4, 0.5) is 26.3 Å². The Morgan fingerprint density at radius 1 is 1.08 bits per heavy atom. The van der Waals surface area contributed by atoms with E-state index in [1.165, 1.54) is 0 Å². The van der Waals surface area contributed by atoms with Gasteiger partial charge in [-0.25, -0.2) is 0 Å². The van der Waals surface area contributed by atoms with E-state index in [0.717, 1.165) is 12.3 Å². The van der Waals surface area contributed by atoms with Gasteiger partial charge in [0, 0.05) is 18.1 Å². The van der Waals surface area contributed by atoms with Crippen molar-refractivity contribution in [3.63, 3.8) is 0 Å². The summed E-state index contributed by atoms with van der Waals surface area (Å²) < 4.78 is 108. The van der Waals surface area contributed by atoms with Gasteiger partial charge in [-0.3, -0.25) is 4.18 Å². The van der Waals surface area contributed by atoms with Crippen LogP contribution >= 0.6 is 0 Å². The summed E-state index contributed by atoms with van der Waals surface area (Å²) in [5.41, 5.74) is -3.89. The predicted octanol–water partition coefficient (Wildman–Crippen LogP) is 3.90. The number of rotatable bonds is 5. The monoisotopic (exact) mass is 403 g/mol. The molecular formula is C14H11F6NO4S. The van der Waals surface area contributed by atoms with E-state index in [4.69, 9.17) is 4.52 Å². The van der Waals surface area contributed by atoms with Crippen molar-refractivity contribution in [3.8, 4) is 11.3 Å². The highest BCUT2D eigenvalue weighted by Gasteiger charge is 2.38. The fourth-order valence-electron chi connectivity index (χ4n) is 2.03. The summed E-state index contributed by atoms with van der Waals surface area (Å²) in [7, 11) is -3.70. The van der Waals surface area contributed by atoms with Gasteiger partial charge in [0.1, 0.15) is 11.5 Å². The molecule has 2 aromatic rings. The Morgan fingerprint density at radius 3 is 2.27 bits per heavy atom. The van der Waals surface area contributed by atoms with Crippen molar-refractivity contribution in [1.29, 1.82) is 0 Å². The Labute approximate surface area is 143 Å². The summed E-state index contributed by atoms with van der Waals surface area (Å²) in [6, 6.07) is 2.23. The zero-order valence-corrected chi connectivity index (χ0v) is 13.8. The maximum Gasteiger partial charge on any atom is 0.417 e. The fourth-order valence-corrected chi connectivity index (χ4v) is 2.42. The molecule has 0 spiro atoms. The van der Waals surface area contributed by atoms with Crippen LogP contribution in [0, 0.1) is 0 Å². The van der Waals surface area contributed by atoms with E-state index in [2.05, 4.69) is 9.34 Å². The van der Waals surface area contributed by atoms with E-state index < -0.39 is 39.2 Å². The van der Waals surface area contributed by atoms with E-state index in [9.17, 15) is 34.8 Å². The zero-order chi connectivity index (χ0) is 19.8. The first-order chi connectivity index (χ1) is 11.8. The molecule has 0 bridgehead atoms. The van der Waals surface area contributed by atoms with Crippen molar-refractivity contribution in [2.75, 3.05) is 12.9 Å². The SMILES string of the molecule is CS(=O)(=O)OCCc1cc(-c2ccc(C(F)(F)F)cc2C(F)(F)F)no1. The summed E-state index contributed by atoms with van der Waals surface area (Å²) in [5, 5.41) is 3.41. The summed E-state index contributed by atoms with van der Waals surface area (Å²) in [4.78, 5) is 0. The average Bonchev–Trinajstić information content (AvgIpc) is 2.92. The van der Waals surface area contributed by atoms with Crippen LogP contribution in [0.3, 0.4) is 0 Å². The van der Waals surface area contributed by atoms with Gasteiger partial charge in [-0.2, -0.15) is 34.8 Å². The number of aromatic nitrogens is 1. The molecule has 12 heteroatoms. The first-order valence-corrected chi connectivity index (χ1v) is 8.68. The number of halogens is 6. The van der Waals surface area contributed by atoms with Crippen molar-refractivity contribution in [2.24, 2.45) is 0 Å². The van der Waals surface area contributed by atoms with E-state index in [-0.39, 0.29) is 30.5 Å². The Hall–Kier alpha value is -2.08. The second-order valence-electron chi connectivity index (χ2n) is 5.21. The Bertz CT molecular complexity index is 886. The largest absolute Gasteiger partial charge is 0.417 e. The van der Waals surface area contributed by atoms with Gasteiger partial charge in [0.05, 0.1) is 24.0 Å². The van der Waals surface area contributed by atoms with E-state index in [0.29, 0.717) is 12.1 Å². The minimum absolute atomic E-state index is 0.00352. The van der Waals surface area contributed by atoms with Gasteiger partial charge in [0.25, 0.3) is 10.1 Å². The van der Waals surface area contributed by atoms with Gasteiger partial charge < -0.3 is 4.52 Å². The molecule has 5 nitrogen and oxygen atoms in total. The summed E-state index contributed by atoms with van der Waals surface area (Å²) in [6.45, 7) is -0.327. The molecule has 0 N–H and O–H groups in total. The molecule has 26 heavy (non-hydrogen) atoms. The molecule has 0 aliphatic heterocycles.